The molecule has 52 heavy (non-hydrogen) atoms. The van der Waals surface area contributed by atoms with E-state index in [4.69, 9.17) is 23.4 Å². The largest absolute Gasteiger partial charge is 0.482 e. The third kappa shape index (κ3) is 5.28. The van der Waals surface area contributed by atoms with Crippen molar-refractivity contribution in [3.63, 3.8) is 0 Å². The van der Waals surface area contributed by atoms with Gasteiger partial charge in [0.2, 0.25) is 0 Å². The van der Waals surface area contributed by atoms with Crippen LogP contribution in [0.25, 0.3) is 11.3 Å². The Bertz CT molecular complexity index is 2140. The molecular weight excluding hydrogens is 660 g/mol. The first-order valence-corrected chi connectivity index (χ1v) is 17.9. The maximum absolute atomic E-state index is 13.9. The number of rotatable bonds is 4. The fourth-order valence-electron chi connectivity index (χ4n) is 9.98. The van der Waals surface area contributed by atoms with Gasteiger partial charge in [-0.1, -0.05) is 37.6 Å². The Hall–Kier alpha value is -4.82. The number of benzene rings is 2. The van der Waals surface area contributed by atoms with E-state index < -0.39 is 52.4 Å². The monoisotopic (exact) mass is 702 g/mol. The summed E-state index contributed by atoms with van der Waals surface area (Å²) in [6, 6.07) is 19.7. The second kappa shape index (κ2) is 12.4. The van der Waals surface area contributed by atoms with Crippen molar-refractivity contribution in [2.45, 2.75) is 84.1 Å². The fourth-order valence-corrected chi connectivity index (χ4v) is 9.98. The number of hydrogen-bond acceptors (Lipinski definition) is 10. The number of aromatic nitrogens is 1. The second-order valence-corrected chi connectivity index (χ2v) is 15.7. The summed E-state index contributed by atoms with van der Waals surface area (Å²) in [5.41, 5.74) is 1.54. The highest BCUT2D eigenvalue weighted by Gasteiger charge is 2.71. The predicted molar refractivity (Wildman–Crippen MR) is 189 cm³/mol. The fraction of sp³-hybridized carbons (Fsp3) is 0.429. The highest BCUT2D eigenvalue weighted by atomic mass is 16.7. The Morgan fingerprint density at radius 3 is 2.56 bits per heavy atom. The highest BCUT2D eigenvalue weighted by molar-refractivity contribution is 5.89. The third-order valence-electron chi connectivity index (χ3n) is 12.5. The minimum atomic E-state index is -1.29. The minimum Gasteiger partial charge on any atom is -0.482 e. The van der Waals surface area contributed by atoms with Gasteiger partial charge in [-0.25, -0.2) is 9.59 Å². The summed E-state index contributed by atoms with van der Waals surface area (Å²) < 4.78 is 32.4. The first-order valence-electron chi connectivity index (χ1n) is 17.9. The van der Waals surface area contributed by atoms with E-state index in [0.717, 1.165) is 11.1 Å². The van der Waals surface area contributed by atoms with Crippen LogP contribution in [0.4, 0.5) is 0 Å². The molecule has 2 aliphatic carbocycles. The van der Waals surface area contributed by atoms with Gasteiger partial charge >= 0.3 is 11.6 Å². The van der Waals surface area contributed by atoms with Crippen molar-refractivity contribution < 1.29 is 33.3 Å². The SMILES string of the molecule is Cc1ccc([C@@H]2OCC3(C)C4C[C@H](OC(=O)c5ccc(C#N)cc5)[C@@]5(C)Oc6cc(-c7cccnc7)oc(=O)c6[C@H](O)C5[C@@]4(C)CC[C@@H]3O2)c(C)c1. The molecule has 3 unspecified atom stereocenters. The van der Waals surface area contributed by atoms with Gasteiger partial charge < -0.3 is 28.5 Å². The molecule has 4 aromatic rings. The molecule has 2 saturated carbocycles. The minimum absolute atomic E-state index is 0.0486. The number of hydrogen-bond donors (Lipinski definition) is 1. The highest BCUT2D eigenvalue weighted by Crippen LogP contribution is 2.68. The zero-order valence-corrected chi connectivity index (χ0v) is 29.9. The van der Waals surface area contributed by atoms with Crippen LogP contribution >= 0.6 is 0 Å². The number of nitrogens with zero attached hydrogens (tertiary/aromatic N) is 2. The molecule has 268 valence electrons. The maximum atomic E-state index is 13.9. The lowest BCUT2D eigenvalue weighted by molar-refractivity contribution is -0.330. The Morgan fingerprint density at radius 2 is 1.85 bits per heavy atom. The Labute approximate surface area is 302 Å². The molecule has 10 heteroatoms. The van der Waals surface area contributed by atoms with E-state index in [2.05, 4.69) is 56.9 Å². The molecule has 10 nitrogen and oxygen atoms in total. The summed E-state index contributed by atoms with van der Waals surface area (Å²) in [7, 11) is 0. The van der Waals surface area contributed by atoms with Gasteiger partial charge in [0.05, 0.1) is 36.0 Å². The molecule has 0 spiro atoms. The van der Waals surface area contributed by atoms with Crippen molar-refractivity contribution in [2.24, 2.45) is 22.7 Å². The number of nitriles is 1. The summed E-state index contributed by atoms with van der Waals surface area (Å²) >= 11 is 0. The van der Waals surface area contributed by atoms with Gasteiger partial charge in [-0.3, -0.25) is 4.98 Å². The van der Waals surface area contributed by atoms with Crippen LogP contribution in [0, 0.1) is 47.8 Å². The molecule has 2 aliphatic heterocycles. The van der Waals surface area contributed by atoms with E-state index in [-0.39, 0.29) is 34.7 Å². The number of carbonyl (C=O) groups is 1. The average Bonchev–Trinajstić information content (AvgIpc) is 3.12. The summed E-state index contributed by atoms with van der Waals surface area (Å²) in [6.45, 7) is 10.7. The zero-order valence-electron chi connectivity index (χ0n) is 29.9. The van der Waals surface area contributed by atoms with Gasteiger partial charge in [0.1, 0.15) is 28.8 Å². The number of fused-ring (bicyclic) bond motifs is 6. The molecule has 4 heterocycles. The smallest absolute Gasteiger partial charge is 0.345 e. The molecule has 0 radical (unpaired) electrons. The van der Waals surface area contributed by atoms with Crippen LogP contribution < -0.4 is 10.4 Å². The van der Waals surface area contributed by atoms with Crippen LogP contribution in [0.5, 0.6) is 5.75 Å². The first-order chi connectivity index (χ1) is 24.9. The van der Waals surface area contributed by atoms with Crippen molar-refractivity contribution in [2.75, 3.05) is 6.61 Å². The zero-order chi connectivity index (χ0) is 36.6. The van der Waals surface area contributed by atoms with Crippen molar-refractivity contribution in [3.05, 3.63) is 117 Å². The topological polar surface area (TPSA) is 141 Å². The molecule has 8 rings (SSSR count). The van der Waals surface area contributed by atoms with Crippen LogP contribution in [-0.2, 0) is 14.2 Å². The van der Waals surface area contributed by atoms with Crippen molar-refractivity contribution in [1.29, 1.82) is 5.26 Å². The quantitative estimate of drug-likeness (QED) is 0.218. The molecular formula is C42H42N2O8. The predicted octanol–water partition coefficient (Wildman–Crippen LogP) is 7.16. The van der Waals surface area contributed by atoms with Gasteiger partial charge in [-0.05, 0) is 93.3 Å². The Morgan fingerprint density at radius 1 is 1.06 bits per heavy atom. The summed E-state index contributed by atoms with van der Waals surface area (Å²) in [4.78, 5) is 31.8. The van der Waals surface area contributed by atoms with E-state index in [1.807, 2.05) is 6.92 Å². The van der Waals surface area contributed by atoms with E-state index >= 15 is 0 Å². The second-order valence-electron chi connectivity index (χ2n) is 15.7. The van der Waals surface area contributed by atoms with Crippen LogP contribution in [0.1, 0.15) is 90.6 Å². The molecule has 2 aromatic carbocycles. The standard InChI is InChI=1S/C42H42N2O8/c1-23-8-13-28(24(2)17-23)39-48-22-41(4)31-19-33(50-37(46)26-11-9-25(20-43)10-12-26)42(5)36(40(31,3)15-14-32(41)51-39)35(45)34-30(52-42)18-29(49-38(34)47)27-7-6-16-44-21-27/h6-13,16-18,21,31-33,35-36,39,45H,14-15,19,22H2,1-5H3/t31?,32-,33-,35-,36?,39+,40-,41?,42+/m0/s1. The van der Waals surface area contributed by atoms with Gasteiger partial charge in [0, 0.05) is 40.9 Å². The van der Waals surface area contributed by atoms with E-state index in [1.54, 1.807) is 54.9 Å². The van der Waals surface area contributed by atoms with Gasteiger partial charge in [0.25, 0.3) is 0 Å². The van der Waals surface area contributed by atoms with Crippen LogP contribution in [0.15, 0.2) is 82.3 Å². The summed E-state index contributed by atoms with van der Waals surface area (Å²) in [5.74, 6) is -0.985. The van der Waals surface area contributed by atoms with Crippen molar-refractivity contribution in [1.82, 2.24) is 4.98 Å². The molecule has 1 saturated heterocycles. The normalized spacial score (nSPS) is 33.2. The van der Waals surface area contributed by atoms with Gasteiger partial charge in [-0.15, -0.1) is 0 Å². The third-order valence-corrected chi connectivity index (χ3v) is 12.5. The van der Waals surface area contributed by atoms with Crippen LogP contribution in [0.2, 0.25) is 0 Å². The Balaban J connectivity index is 1.20. The number of aryl methyl sites for hydroxylation is 2. The van der Waals surface area contributed by atoms with Crippen LogP contribution in [-0.4, -0.2) is 40.5 Å². The Kier molecular flexibility index (Phi) is 8.18. The van der Waals surface area contributed by atoms with E-state index in [1.165, 1.54) is 5.56 Å². The summed E-state index contributed by atoms with van der Waals surface area (Å²) in [6.07, 6.45) is 2.15. The number of pyridine rings is 1. The first kappa shape index (κ1) is 34.3. The molecule has 1 N–H and O–H groups in total. The molecule has 9 atom stereocenters. The lowest BCUT2D eigenvalue weighted by atomic mass is 9.42. The molecule has 0 amide bonds. The maximum Gasteiger partial charge on any atom is 0.345 e. The number of carbonyl (C=O) groups excluding carboxylic acids is 1. The van der Waals surface area contributed by atoms with Crippen molar-refractivity contribution >= 4 is 5.97 Å². The van der Waals surface area contributed by atoms with Gasteiger partial charge in [0.15, 0.2) is 6.29 Å². The number of esters is 1. The average molecular weight is 703 g/mol. The van der Waals surface area contributed by atoms with Crippen molar-refractivity contribution in [3.8, 4) is 23.1 Å². The van der Waals surface area contributed by atoms with Gasteiger partial charge in [-0.2, -0.15) is 5.26 Å². The molecule has 0 bridgehead atoms. The molecule has 3 fully saturated rings. The lowest BCUT2D eigenvalue weighted by Crippen LogP contribution is -2.72. The molecule has 2 aromatic heterocycles. The lowest BCUT2D eigenvalue weighted by Gasteiger charge is -2.67. The number of aliphatic hydroxyl groups is 1. The number of ether oxygens (including phenoxy) is 4. The van der Waals surface area contributed by atoms with Crippen LogP contribution in [0.3, 0.4) is 0 Å². The number of aliphatic hydroxyl groups excluding tert-OH is 1. The van der Waals surface area contributed by atoms with E-state index in [9.17, 15) is 20.0 Å². The van der Waals surface area contributed by atoms with E-state index in [0.29, 0.717) is 37.0 Å². The summed E-state index contributed by atoms with van der Waals surface area (Å²) in [5, 5.41) is 21.7. The molecule has 4 aliphatic rings.